The van der Waals surface area contributed by atoms with Crippen LogP contribution in [0.15, 0.2) is 48.5 Å². The minimum absolute atomic E-state index is 0.0322. The number of carbonyl (C=O) groups excluding carboxylic acids is 2. The summed E-state index contributed by atoms with van der Waals surface area (Å²) < 4.78 is 0. The molecule has 0 bridgehead atoms. The van der Waals surface area contributed by atoms with Crippen molar-refractivity contribution in [3.05, 3.63) is 70.8 Å². The normalized spacial score (nSPS) is 12.7. The van der Waals surface area contributed by atoms with Gasteiger partial charge in [-0.3, -0.25) is 4.79 Å². The maximum Gasteiger partial charge on any atom is 0.194 e. The van der Waals surface area contributed by atoms with E-state index in [4.69, 9.17) is 0 Å². The number of hydrogen-bond donors (Lipinski definition) is 0. The SMILES string of the molecule is O=C=C1c2ccccc2C(=O)c2ccccc21. The van der Waals surface area contributed by atoms with Crippen LogP contribution in [0.2, 0.25) is 0 Å². The maximum absolute atomic E-state index is 12.2. The predicted octanol–water partition coefficient (Wildman–Crippen LogP) is 2.49. The first-order valence-corrected chi connectivity index (χ1v) is 5.31. The first-order valence-electron chi connectivity index (χ1n) is 5.31. The Hall–Kier alpha value is -2.44. The van der Waals surface area contributed by atoms with Crippen LogP contribution < -0.4 is 0 Å². The van der Waals surface area contributed by atoms with Gasteiger partial charge in [-0.05, 0) is 0 Å². The fourth-order valence-corrected chi connectivity index (χ4v) is 2.20. The molecule has 1 aliphatic carbocycles. The van der Waals surface area contributed by atoms with Crippen LogP contribution in [0.25, 0.3) is 5.57 Å². The van der Waals surface area contributed by atoms with Crippen LogP contribution in [0, 0.1) is 0 Å². The van der Waals surface area contributed by atoms with Crippen LogP contribution in [0.1, 0.15) is 27.0 Å². The molecule has 2 aromatic carbocycles. The van der Waals surface area contributed by atoms with Gasteiger partial charge in [0, 0.05) is 22.3 Å². The molecule has 0 aromatic heterocycles. The number of rotatable bonds is 0. The van der Waals surface area contributed by atoms with Crippen molar-refractivity contribution >= 4 is 17.3 Å². The lowest BCUT2D eigenvalue weighted by atomic mass is 9.82. The Morgan fingerprint density at radius 3 is 1.53 bits per heavy atom. The van der Waals surface area contributed by atoms with E-state index in [1.54, 1.807) is 36.4 Å². The Morgan fingerprint density at radius 2 is 1.12 bits per heavy atom. The van der Waals surface area contributed by atoms with Crippen LogP contribution in [0.3, 0.4) is 0 Å². The number of ketones is 1. The van der Waals surface area contributed by atoms with Gasteiger partial charge >= 0.3 is 0 Å². The van der Waals surface area contributed by atoms with Gasteiger partial charge in [0.2, 0.25) is 0 Å². The van der Waals surface area contributed by atoms with Crippen molar-refractivity contribution in [3.63, 3.8) is 0 Å². The minimum atomic E-state index is -0.0322. The van der Waals surface area contributed by atoms with Gasteiger partial charge in [0.1, 0.15) is 5.94 Å². The smallest absolute Gasteiger partial charge is 0.194 e. The molecule has 0 fully saturated rings. The van der Waals surface area contributed by atoms with Crippen molar-refractivity contribution in [1.82, 2.24) is 0 Å². The largest absolute Gasteiger partial charge is 0.289 e. The summed E-state index contributed by atoms with van der Waals surface area (Å²) >= 11 is 0. The maximum atomic E-state index is 12.2. The second kappa shape index (κ2) is 3.55. The summed E-state index contributed by atoms with van der Waals surface area (Å²) in [5.41, 5.74) is 2.96. The van der Waals surface area contributed by atoms with Gasteiger partial charge in [0.05, 0.1) is 5.57 Å². The van der Waals surface area contributed by atoms with Gasteiger partial charge in [0.25, 0.3) is 0 Å². The zero-order valence-electron chi connectivity index (χ0n) is 8.94. The zero-order chi connectivity index (χ0) is 11.8. The van der Waals surface area contributed by atoms with Crippen molar-refractivity contribution in [2.75, 3.05) is 0 Å². The summed E-state index contributed by atoms with van der Waals surface area (Å²) in [6.45, 7) is 0. The number of hydrogen-bond acceptors (Lipinski definition) is 2. The third-order valence-electron chi connectivity index (χ3n) is 2.98. The second-order valence-electron chi connectivity index (χ2n) is 3.90. The van der Waals surface area contributed by atoms with Crippen LogP contribution in [-0.2, 0) is 4.79 Å². The van der Waals surface area contributed by atoms with Gasteiger partial charge in [-0.25, -0.2) is 4.79 Å². The summed E-state index contributed by atoms with van der Waals surface area (Å²) in [6.07, 6.45) is 0. The van der Waals surface area contributed by atoms with Crippen LogP contribution in [-0.4, -0.2) is 11.7 Å². The Kier molecular flexibility index (Phi) is 2.04. The third kappa shape index (κ3) is 1.28. The molecule has 0 radical (unpaired) electrons. The summed E-state index contributed by atoms with van der Waals surface area (Å²) in [5.74, 6) is 1.92. The molecule has 0 atom stereocenters. The Labute approximate surface area is 98.2 Å². The molecule has 0 aliphatic heterocycles. The highest BCUT2D eigenvalue weighted by molar-refractivity contribution is 6.21. The molecular weight excluding hydrogens is 212 g/mol. The Morgan fingerprint density at radius 1 is 0.706 bits per heavy atom. The lowest BCUT2D eigenvalue weighted by Gasteiger charge is -2.18. The average molecular weight is 220 g/mol. The van der Waals surface area contributed by atoms with E-state index in [0.29, 0.717) is 27.8 Å². The van der Waals surface area contributed by atoms with Crippen molar-refractivity contribution in [3.8, 4) is 0 Å². The summed E-state index contributed by atoms with van der Waals surface area (Å²) in [7, 11) is 0. The fourth-order valence-electron chi connectivity index (χ4n) is 2.20. The molecule has 1 aliphatic rings. The molecule has 2 aromatic rings. The van der Waals surface area contributed by atoms with Crippen molar-refractivity contribution in [2.45, 2.75) is 0 Å². The van der Waals surface area contributed by atoms with Gasteiger partial charge in [-0.1, -0.05) is 48.5 Å². The van der Waals surface area contributed by atoms with E-state index < -0.39 is 0 Å². The molecular formula is C15H8O2. The molecule has 17 heavy (non-hydrogen) atoms. The highest BCUT2D eigenvalue weighted by atomic mass is 16.1. The molecule has 3 rings (SSSR count). The minimum Gasteiger partial charge on any atom is -0.289 e. The van der Waals surface area contributed by atoms with E-state index in [2.05, 4.69) is 0 Å². The van der Waals surface area contributed by atoms with Gasteiger partial charge < -0.3 is 0 Å². The Balaban J connectivity index is 2.42. The third-order valence-corrected chi connectivity index (χ3v) is 2.98. The molecule has 0 amide bonds. The number of fused-ring (bicyclic) bond motifs is 2. The second-order valence-corrected chi connectivity index (χ2v) is 3.90. The van der Waals surface area contributed by atoms with Crippen molar-refractivity contribution < 1.29 is 9.59 Å². The van der Waals surface area contributed by atoms with Crippen molar-refractivity contribution in [1.29, 1.82) is 0 Å². The summed E-state index contributed by atoms with van der Waals surface area (Å²) in [5, 5.41) is 0. The lowest BCUT2D eigenvalue weighted by Crippen LogP contribution is -2.14. The first-order chi connectivity index (χ1) is 8.33. The first kappa shape index (κ1) is 9.76. The summed E-state index contributed by atoms with van der Waals surface area (Å²) in [4.78, 5) is 23.3. The van der Waals surface area contributed by atoms with E-state index in [9.17, 15) is 9.59 Å². The Bertz CT molecular complexity index is 625. The standard InChI is InChI=1S/C15H8O2/c16-9-14-10-5-1-3-7-12(10)15(17)13-8-4-2-6-11(13)14/h1-8H. The van der Waals surface area contributed by atoms with E-state index in [1.807, 2.05) is 18.1 Å². The van der Waals surface area contributed by atoms with Crippen LogP contribution >= 0.6 is 0 Å². The monoisotopic (exact) mass is 220 g/mol. The fraction of sp³-hybridized carbons (Fsp3) is 0. The molecule has 0 saturated heterocycles. The van der Waals surface area contributed by atoms with Crippen LogP contribution in [0.5, 0.6) is 0 Å². The number of carbonyl (C=O) groups is 1. The molecule has 0 unspecified atom stereocenters. The molecule has 2 heteroatoms. The van der Waals surface area contributed by atoms with Gasteiger partial charge in [-0.15, -0.1) is 0 Å². The van der Waals surface area contributed by atoms with Crippen LogP contribution in [0.4, 0.5) is 0 Å². The van der Waals surface area contributed by atoms with Gasteiger partial charge in [0.15, 0.2) is 5.78 Å². The quantitative estimate of drug-likeness (QED) is 0.545. The topological polar surface area (TPSA) is 34.1 Å². The molecule has 0 spiro atoms. The zero-order valence-corrected chi connectivity index (χ0v) is 8.94. The van der Waals surface area contributed by atoms with E-state index in [0.717, 1.165) is 0 Å². The average Bonchev–Trinajstić information content (AvgIpc) is 2.40. The van der Waals surface area contributed by atoms with Gasteiger partial charge in [-0.2, -0.15) is 0 Å². The van der Waals surface area contributed by atoms with E-state index in [1.165, 1.54) is 0 Å². The van der Waals surface area contributed by atoms with E-state index >= 15 is 0 Å². The highest BCUT2D eigenvalue weighted by Gasteiger charge is 2.26. The molecule has 0 N–H and O–H groups in total. The lowest BCUT2D eigenvalue weighted by molar-refractivity contribution is 0.103. The molecule has 0 heterocycles. The van der Waals surface area contributed by atoms with E-state index in [-0.39, 0.29) is 5.78 Å². The van der Waals surface area contributed by atoms with Crippen molar-refractivity contribution in [2.24, 2.45) is 0 Å². The molecule has 80 valence electrons. The summed E-state index contributed by atoms with van der Waals surface area (Å²) in [6, 6.07) is 14.3. The highest BCUT2D eigenvalue weighted by Crippen LogP contribution is 2.33. The predicted molar refractivity (Wildman–Crippen MR) is 64.5 cm³/mol. The number of benzene rings is 2. The molecule has 0 saturated carbocycles. The molecule has 2 nitrogen and oxygen atoms in total.